The van der Waals surface area contributed by atoms with Gasteiger partial charge in [0.1, 0.15) is 5.60 Å². The fourth-order valence-electron chi connectivity index (χ4n) is 4.06. The van der Waals surface area contributed by atoms with Crippen LogP contribution in [0.1, 0.15) is 40.0 Å². The molecular weight excluding hydrogens is 409 g/mol. The smallest absolute Gasteiger partial charge is 0.407 e. The van der Waals surface area contributed by atoms with Crippen LogP contribution in [0.5, 0.6) is 5.75 Å². The van der Waals surface area contributed by atoms with Crippen LogP contribution in [0.4, 0.5) is 20.6 Å². The molecular formula is C21H30FN3O6. The Morgan fingerprint density at radius 1 is 1.35 bits per heavy atom. The van der Waals surface area contributed by atoms with Crippen LogP contribution in [0.25, 0.3) is 0 Å². The minimum absolute atomic E-state index is 0.0167. The molecule has 1 aromatic rings. The van der Waals surface area contributed by atoms with Crippen molar-refractivity contribution < 1.29 is 28.3 Å². The van der Waals surface area contributed by atoms with Crippen molar-refractivity contribution in [3.8, 4) is 5.75 Å². The highest BCUT2D eigenvalue weighted by Crippen LogP contribution is 2.51. The number of rotatable bonds is 8. The maximum Gasteiger partial charge on any atom is 0.407 e. The number of halogens is 1. The fraction of sp³-hybridized carbons (Fsp3) is 0.667. The molecule has 2 fully saturated rings. The zero-order valence-corrected chi connectivity index (χ0v) is 18.4. The lowest BCUT2D eigenvalue weighted by Crippen LogP contribution is -2.64. The first-order chi connectivity index (χ1) is 14.5. The topological polar surface area (TPSA) is 103 Å². The molecule has 9 nitrogen and oxygen atoms in total. The van der Waals surface area contributed by atoms with Crippen LogP contribution >= 0.6 is 0 Å². The SMILES string of the molecule is COC1CC2(C1)CN(c1cc(OCCCNC(=O)OC(C)(C)C)c([N+](=O)[O-])cc1F)C2. The highest BCUT2D eigenvalue weighted by Gasteiger charge is 2.53. The van der Waals surface area contributed by atoms with Gasteiger partial charge in [0.05, 0.1) is 29.4 Å². The van der Waals surface area contributed by atoms with Crippen molar-refractivity contribution >= 4 is 17.5 Å². The van der Waals surface area contributed by atoms with Crippen LogP contribution in [-0.2, 0) is 9.47 Å². The molecule has 0 aromatic heterocycles. The van der Waals surface area contributed by atoms with Crippen LogP contribution in [0, 0.1) is 21.3 Å². The number of carbonyl (C=O) groups is 1. The van der Waals surface area contributed by atoms with Gasteiger partial charge in [-0.25, -0.2) is 9.18 Å². The third kappa shape index (κ3) is 5.55. The van der Waals surface area contributed by atoms with Gasteiger partial charge in [0.15, 0.2) is 11.6 Å². The van der Waals surface area contributed by atoms with Gasteiger partial charge in [-0.2, -0.15) is 0 Å². The van der Waals surface area contributed by atoms with E-state index in [1.54, 1.807) is 27.9 Å². The zero-order valence-electron chi connectivity index (χ0n) is 18.4. The first kappa shape index (κ1) is 23.1. The fourth-order valence-corrected chi connectivity index (χ4v) is 4.06. The maximum absolute atomic E-state index is 14.6. The van der Waals surface area contributed by atoms with E-state index in [0.717, 1.165) is 18.9 Å². The van der Waals surface area contributed by atoms with Crippen molar-refractivity contribution in [1.82, 2.24) is 5.32 Å². The van der Waals surface area contributed by atoms with Gasteiger partial charge in [-0.15, -0.1) is 0 Å². The Kier molecular flexibility index (Phi) is 6.59. The molecule has 0 atom stereocenters. The van der Waals surface area contributed by atoms with Gasteiger partial charge in [-0.3, -0.25) is 10.1 Å². The molecule has 1 aromatic carbocycles. The van der Waals surface area contributed by atoms with E-state index < -0.39 is 28.1 Å². The second-order valence-electron chi connectivity index (χ2n) is 9.28. The number of alkyl carbamates (subject to hydrolysis) is 1. The summed E-state index contributed by atoms with van der Waals surface area (Å²) in [5.41, 5.74) is -0.549. The molecule has 2 aliphatic rings. The number of ether oxygens (including phenoxy) is 3. The summed E-state index contributed by atoms with van der Waals surface area (Å²) in [5, 5.41) is 13.9. The molecule has 1 heterocycles. The number of amides is 1. The Morgan fingerprint density at radius 3 is 2.61 bits per heavy atom. The molecule has 1 spiro atoms. The molecule has 1 N–H and O–H groups in total. The summed E-state index contributed by atoms with van der Waals surface area (Å²) in [6, 6.07) is 2.31. The first-order valence-corrected chi connectivity index (χ1v) is 10.4. The minimum atomic E-state index is -0.659. The van der Waals surface area contributed by atoms with E-state index in [0.29, 0.717) is 25.2 Å². The van der Waals surface area contributed by atoms with Gasteiger partial charge < -0.3 is 24.4 Å². The van der Waals surface area contributed by atoms with Gasteiger partial charge in [-0.1, -0.05) is 0 Å². The van der Waals surface area contributed by atoms with Gasteiger partial charge in [0.2, 0.25) is 0 Å². The highest BCUT2D eigenvalue weighted by molar-refractivity contribution is 5.67. The number of benzene rings is 1. The summed E-state index contributed by atoms with van der Waals surface area (Å²) in [5.74, 6) is -0.619. The highest BCUT2D eigenvalue weighted by atomic mass is 19.1. The number of carbonyl (C=O) groups excluding carboxylic acids is 1. The largest absolute Gasteiger partial charge is 0.487 e. The molecule has 1 saturated carbocycles. The maximum atomic E-state index is 14.6. The number of nitrogens with one attached hydrogen (secondary N) is 1. The first-order valence-electron chi connectivity index (χ1n) is 10.4. The second-order valence-corrected chi connectivity index (χ2v) is 9.28. The molecule has 31 heavy (non-hydrogen) atoms. The lowest BCUT2D eigenvalue weighted by molar-refractivity contribution is -0.386. The summed E-state index contributed by atoms with van der Waals surface area (Å²) >= 11 is 0. The van der Waals surface area contributed by atoms with E-state index >= 15 is 0 Å². The quantitative estimate of drug-likeness (QED) is 0.375. The van der Waals surface area contributed by atoms with Crippen LogP contribution < -0.4 is 15.0 Å². The van der Waals surface area contributed by atoms with E-state index in [1.807, 2.05) is 4.90 Å². The van der Waals surface area contributed by atoms with E-state index in [4.69, 9.17) is 14.2 Å². The Bertz CT molecular complexity index is 827. The third-order valence-corrected chi connectivity index (χ3v) is 5.52. The van der Waals surface area contributed by atoms with Crippen molar-refractivity contribution in [3.05, 3.63) is 28.1 Å². The van der Waals surface area contributed by atoms with E-state index in [2.05, 4.69) is 5.32 Å². The average Bonchev–Trinajstić information content (AvgIpc) is 2.59. The number of hydrogen-bond donors (Lipinski definition) is 1. The number of nitro benzene ring substituents is 1. The van der Waals surface area contributed by atoms with Gasteiger partial charge in [0.25, 0.3) is 0 Å². The van der Waals surface area contributed by atoms with E-state index in [1.165, 1.54) is 6.07 Å². The Labute approximate surface area is 181 Å². The molecule has 0 radical (unpaired) electrons. The minimum Gasteiger partial charge on any atom is -0.487 e. The monoisotopic (exact) mass is 439 g/mol. The number of methoxy groups -OCH3 is 1. The van der Waals surface area contributed by atoms with Crippen molar-refractivity contribution in [2.75, 3.05) is 38.3 Å². The number of hydrogen-bond acceptors (Lipinski definition) is 7. The average molecular weight is 439 g/mol. The normalized spacial score (nSPS) is 17.6. The lowest BCUT2D eigenvalue weighted by Gasteiger charge is -2.59. The lowest BCUT2D eigenvalue weighted by atomic mass is 9.61. The number of anilines is 1. The summed E-state index contributed by atoms with van der Waals surface area (Å²) in [4.78, 5) is 24.2. The van der Waals surface area contributed by atoms with Crippen molar-refractivity contribution in [3.63, 3.8) is 0 Å². The Morgan fingerprint density at radius 2 is 2.03 bits per heavy atom. The molecule has 1 amide bonds. The Balaban J connectivity index is 1.55. The molecule has 1 aliphatic heterocycles. The predicted octanol–water partition coefficient (Wildman–Crippen LogP) is 3.64. The molecule has 10 heteroatoms. The van der Waals surface area contributed by atoms with Gasteiger partial charge in [0, 0.05) is 38.2 Å². The number of nitrogens with zero attached hydrogens (tertiary/aromatic N) is 2. The van der Waals surface area contributed by atoms with E-state index in [9.17, 15) is 19.3 Å². The molecule has 0 unspecified atom stereocenters. The van der Waals surface area contributed by atoms with Crippen LogP contribution in [-0.4, -0.2) is 56.1 Å². The zero-order chi connectivity index (χ0) is 22.8. The van der Waals surface area contributed by atoms with Crippen LogP contribution in [0.3, 0.4) is 0 Å². The molecule has 0 bridgehead atoms. The van der Waals surface area contributed by atoms with Crippen molar-refractivity contribution in [2.45, 2.75) is 51.7 Å². The standard InChI is InChI=1S/C21H30FN3O6/c1-20(2,3)31-19(26)23-6-5-7-30-18-9-16(15(22)8-17(18)25(27)28)24-12-21(13-24)10-14(11-21)29-4/h8-9,14H,5-7,10-13H2,1-4H3,(H,23,26). The molecule has 1 saturated heterocycles. The number of nitro groups is 1. The summed E-state index contributed by atoms with van der Waals surface area (Å²) in [6.45, 7) is 7.10. The van der Waals surface area contributed by atoms with Crippen LogP contribution in [0.15, 0.2) is 12.1 Å². The summed E-state index contributed by atoms with van der Waals surface area (Å²) in [7, 11) is 1.69. The van der Waals surface area contributed by atoms with Crippen LogP contribution in [0.2, 0.25) is 0 Å². The Hall–Kier alpha value is -2.62. The second kappa shape index (κ2) is 8.86. The van der Waals surface area contributed by atoms with Gasteiger partial charge in [-0.05, 0) is 40.0 Å². The van der Waals surface area contributed by atoms with Crippen molar-refractivity contribution in [2.24, 2.45) is 5.41 Å². The van der Waals surface area contributed by atoms with Crippen molar-refractivity contribution in [1.29, 1.82) is 0 Å². The van der Waals surface area contributed by atoms with E-state index in [-0.39, 0.29) is 30.4 Å². The third-order valence-electron chi connectivity index (χ3n) is 5.52. The van der Waals surface area contributed by atoms with Gasteiger partial charge >= 0.3 is 11.8 Å². The summed E-state index contributed by atoms with van der Waals surface area (Å²) in [6.07, 6.45) is 2.03. The predicted molar refractivity (Wildman–Crippen MR) is 112 cm³/mol. The summed E-state index contributed by atoms with van der Waals surface area (Å²) < 4.78 is 30.6. The molecule has 1 aliphatic carbocycles. The molecule has 172 valence electrons. The molecule has 3 rings (SSSR count).